The maximum Gasteiger partial charge on any atom is 0.335 e. The number of rotatable bonds is 5. The highest BCUT2D eigenvalue weighted by Crippen LogP contribution is 2.37. The third-order valence-electron chi connectivity index (χ3n) is 6.32. The molecule has 9 nitrogen and oxygen atoms in total. The Balaban J connectivity index is 1.71. The Hall–Kier alpha value is -3.36. The van der Waals surface area contributed by atoms with E-state index in [4.69, 9.17) is 9.72 Å². The molecule has 170 valence electrons. The molecule has 1 saturated carbocycles. The summed E-state index contributed by atoms with van der Waals surface area (Å²) in [6, 6.07) is 4.93. The number of carbonyl (C=O) groups excluding carboxylic acids is 1. The third kappa shape index (κ3) is 4.19. The minimum atomic E-state index is -1.03. The van der Waals surface area contributed by atoms with Gasteiger partial charge in [-0.05, 0) is 31.0 Å². The highest BCUT2D eigenvalue weighted by atomic mass is 16.5. The Bertz CT molecular complexity index is 1020. The number of aromatic carboxylic acids is 1. The highest BCUT2D eigenvalue weighted by Gasteiger charge is 2.34. The van der Waals surface area contributed by atoms with E-state index in [0.29, 0.717) is 35.7 Å². The van der Waals surface area contributed by atoms with Gasteiger partial charge < -0.3 is 25.0 Å². The van der Waals surface area contributed by atoms with Gasteiger partial charge >= 0.3 is 5.97 Å². The van der Waals surface area contributed by atoms with Gasteiger partial charge in [-0.1, -0.05) is 26.2 Å². The standard InChI is InChI=1S/C23H29N5O4/c1-14-13-28(16-7-5-4-6-8-16)20-18(27(2)21(14)29)12-24-23(26-20)25-17-10-9-15(22(30)31)11-19(17)32-3/h9-12,14,16H,4-8,13H2,1-3H3,(H,30,31)(H,24,25,26). The normalized spacial score (nSPS) is 19.3. The lowest BCUT2D eigenvalue weighted by atomic mass is 9.93. The van der Waals surface area contributed by atoms with Gasteiger partial charge in [-0.25, -0.2) is 9.78 Å². The second-order valence-electron chi connectivity index (χ2n) is 8.49. The number of hydrogen-bond acceptors (Lipinski definition) is 7. The average Bonchev–Trinajstić information content (AvgIpc) is 2.90. The lowest BCUT2D eigenvalue weighted by Crippen LogP contribution is -2.41. The molecule has 32 heavy (non-hydrogen) atoms. The summed E-state index contributed by atoms with van der Waals surface area (Å²) in [4.78, 5) is 37.3. The van der Waals surface area contributed by atoms with Crippen molar-refractivity contribution in [3.8, 4) is 5.75 Å². The number of methoxy groups -OCH3 is 1. The van der Waals surface area contributed by atoms with Gasteiger partial charge in [-0.3, -0.25) is 4.79 Å². The van der Waals surface area contributed by atoms with E-state index in [-0.39, 0.29) is 17.4 Å². The molecule has 0 saturated heterocycles. The molecule has 1 atom stereocenters. The molecule has 9 heteroatoms. The number of hydrogen-bond donors (Lipinski definition) is 2. The molecule has 1 aromatic carbocycles. The first-order chi connectivity index (χ1) is 15.4. The van der Waals surface area contributed by atoms with Gasteiger partial charge in [0, 0.05) is 19.6 Å². The molecule has 1 unspecified atom stereocenters. The van der Waals surface area contributed by atoms with E-state index in [9.17, 15) is 14.7 Å². The van der Waals surface area contributed by atoms with Crippen LogP contribution in [-0.4, -0.2) is 53.7 Å². The van der Waals surface area contributed by atoms with Crippen molar-refractivity contribution in [1.29, 1.82) is 0 Å². The minimum Gasteiger partial charge on any atom is -0.495 e. The molecule has 0 spiro atoms. The van der Waals surface area contributed by atoms with Gasteiger partial charge in [0.15, 0.2) is 5.82 Å². The van der Waals surface area contributed by atoms with E-state index in [1.54, 1.807) is 24.2 Å². The fourth-order valence-electron chi connectivity index (χ4n) is 4.55. The SMILES string of the molecule is COc1cc(C(=O)O)ccc1Nc1ncc2c(n1)N(C1CCCCC1)CC(C)C(=O)N2C. The number of aromatic nitrogens is 2. The topological polar surface area (TPSA) is 108 Å². The zero-order chi connectivity index (χ0) is 22.8. The third-order valence-corrected chi connectivity index (χ3v) is 6.32. The van der Waals surface area contributed by atoms with Crippen molar-refractivity contribution in [1.82, 2.24) is 9.97 Å². The van der Waals surface area contributed by atoms with Crippen molar-refractivity contribution in [2.24, 2.45) is 5.92 Å². The second kappa shape index (κ2) is 9.02. The second-order valence-corrected chi connectivity index (χ2v) is 8.49. The summed E-state index contributed by atoms with van der Waals surface area (Å²) < 4.78 is 5.36. The molecule has 1 aliphatic carbocycles. The van der Waals surface area contributed by atoms with E-state index >= 15 is 0 Å². The first kappa shape index (κ1) is 21.9. The summed E-state index contributed by atoms with van der Waals surface area (Å²) in [6.45, 7) is 2.58. The molecule has 2 heterocycles. The fraction of sp³-hybridized carbons (Fsp3) is 0.478. The van der Waals surface area contributed by atoms with E-state index in [0.717, 1.165) is 18.7 Å². The number of ether oxygens (including phenoxy) is 1. The van der Waals surface area contributed by atoms with Crippen molar-refractivity contribution in [2.75, 3.05) is 35.8 Å². The average molecular weight is 440 g/mol. The Morgan fingerprint density at radius 2 is 2.00 bits per heavy atom. The summed E-state index contributed by atoms with van der Waals surface area (Å²) in [5, 5.41) is 12.4. The lowest BCUT2D eigenvalue weighted by molar-refractivity contribution is -0.121. The van der Waals surface area contributed by atoms with Gasteiger partial charge in [-0.15, -0.1) is 0 Å². The predicted octanol–water partition coefficient (Wildman–Crippen LogP) is 3.68. The maximum absolute atomic E-state index is 12.8. The molecule has 1 aliphatic heterocycles. The van der Waals surface area contributed by atoms with Crippen molar-refractivity contribution in [2.45, 2.75) is 45.1 Å². The van der Waals surface area contributed by atoms with E-state index in [2.05, 4.69) is 15.2 Å². The van der Waals surface area contributed by atoms with Gasteiger partial charge in [0.2, 0.25) is 11.9 Å². The van der Waals surface area contributed by atoms with Crippen LogP contribution in [-0.2, 0) is 4.79 Å². The summed E-state index contributed by atoms with van der Waals surface area (Å²) >= 11 is 0. The molecule has 2 aromatic rings. The van der Waals surface area contributed by atoms with Crippen molar-refractivity contribution >= 4 is 35.0 Å². The zero-order valence-corrected chi connectivity index (χ0v) is 18.7. The molecule has 0 radical (unpaired) electrons. The molecule has 0 bridgehead atoms. The molecule has 4 rings (SSSR count). The van der Waals surface area contributed by atoms with Crippen LogP contribution in [0, 0.1) is 5.92 Å². The number of fused-ring (bicyclic) bond motifs is 1. The highest BCUT2D eigenvalue weighted by molar-refractivity contribution is 5.98. The molecular formula is C23H29N5O4. The Morgan fingerprint density at radius 3 is 2.69 bits per heavy atom. The number of nitrogens with zero attached hydrogens (tertiary/aromatic N) is 4. The number of carboxylic acids is 1. The summed E-state index contributed by atoms with van der Waals surface area (Å²) in [5.41, 5.74) is 1.39. The van der Waals surface area contributed by atoms with Gasteiger partial charge in [0.1, 0.15) is 11.4 Å². The van der Waals surface area contributed by atoms with Crippen molar-refractivity contribution < 1.29 is 19.4 Å². The smallest absolute Gasteiger partial charge is 0.335 e. The number of anilines is 4. The van der Waals surface area contributed by atoms with Crippen LogP contribution in [0.3, 0.4) is 0 Å². The van der Waals surface area contributed by atoms with Gasteiger partial charge in [0.25, 0.3) is 0 Å². The van der Waals surface area contributed by atoms with Crippen LogP contribution in [0.1, 0.15) is 49.4 Å². The number of carboxylic acid groups (broad SMARTS) is 1. The predicted molar refractivity (Wildman–Crippen MR) is 122 cm³/mol. The first-order valence-electron chi connectivity index (χ1n) is 11.0. The number of amides is 1. The molecular weight excluding hydrogens is 410 g/mol. The van der Waals surface area contributed by atoms with Crippen molar-refractivity contribution in [3.63, 3.8) is 0 Å². The summed E-state index contributed by atoms with van der Waals surface area (Å²) in [6.07, 6.45) is 7.45. The van der Waals surface area contributed by atoms with Crippen LogP contribution in [0.5, 0.6) is 5.75 Å². The van der Waals surface area contributed by atoms with Crippen LogP contribution in [0.2, 0.25) is 0 Å². The molecule has 2 N–H and O–H groups in total. The molecule has 1 amide bonds. The largest absolute Gasteiger partial charge is 0.495 e. The van der Waals surface area contributed by atoms with E-state index in [1.807, 2.05) is 6.92 Å². The van der Waals surface area contributed by atoms with Crippen LogP contribution >= 0.6 is 0 Å². The number of nitrogens with one attached hydrogen (secondary N) is 1. The van der Waals surface area contributed by atoms with Crippen LogP contribution in [0.15, 0.2) is 24.4 Å². The monoisotopic (exact) mass is 439 g/mol. The summed E-state index contributed by atoms with van der Waals surface area (Å²) in [7, 11) is 3.25. The Labute approximate surface area is 187 Å². The van der Waals surface area contributed by atoms with Crippen LogP contribution in [0.25, 0.3) is 0 Å². The Kier molecular flexibility index (Phi) is 6.16. The zero-order valence-electron chi connectivity index (χ0n) is 18.7. The fourth-order valence-corrected chi connectivity index (χ4v) is 4.55. The lowest BCUT2D eigenvalue weighted by Gasteiger charge is -2.35. The quantitative estimate of drug-likeness (QED) is 0.726. The summed E-state index contributed by atoms with van der Waals surface area (Å²) in [5.74, 6) is 0.377. The maximum atomic E-state index is 12.8. The molecule has 1 fully saturated rings. The minimum absolute atomic E-state index is 0.0554. The van der Waals surface area contributed by atoms with E-state index < -0.39 is 5.97 Å². The van der Waals surface area contributed by atoms with Gasteiger partial charge in [0.05, 0.1) is 30.5 Å². The number of benzene rings is 1. The van der Waals surface area contributed by atoms with Crippen LogP contribution in [0.4, 0.5) is 23.1 Å². The van der Waals surface area contributed by atoms with Gasteiger partial charge in [-0.2, -0.15) is 4.98 Å². The van der Waals surface area contributed by atoms with Crippen molar-refractivity contribution in [3.05, 3.63) is 30.0 Å². The molecule has 1 aromatic heterocycles. The van der Waals surface area contributed by atoms with E-state index in [1.165, 1.54) is 38.5 Å². The number of carbonyl (C=O) groups is 2. The first-order valence-corrected chi connectivity index (χ1v) is 11.0. The molecule has 2 aliphatic rings. The van der Waals surface area contributed by atoms with Crippen LogP contribution < -0.4 is 19.9 Å². The Morgan fingerprint density at radius 1 is 1.25 bits per heavy atom.